The van der Waals surface area contributed by atoms with Crippen LogP contribution in [0.4, 0.5) is 5.69 Å². The van der Waals surface area contributed by atoms with E-state index in [2.05, 4.69) is 10.5 Å². The molecule has 0 saturated carbocycles. The monoisotopic (exact) mass is 454 g/mol. The summed E-state index contributed by atoms with van der Waals surface area (Å²) in [6.07, 6.45) is 3.72. The summed E-state index contributed by atoms with van der Waals surface area (Å²) in [6.45, 7) is 0.211. The number of ether oxygens (including phenoxy) is 2. The lowest BCUT2D eigenvalue weighted by molar-refractivity contribution is 0.0697. The van der Waals surface area contributed by atoms with Crippen molar-refractivity contribution in [3.63, 3.8) is 0 Å². The molecule has 0 fully saturated rings. The Morgan fingerprint density at radius 1 is 0.935 bits per heavy atom. The van der Waals surface area contributed by atoms with E-state index >= 15 is 0 Å². The van der Waals surface area contributed by atoms with Crippen molar-refractivity contribution < 1.29 is 19.4 Å². The lowest BCUT2D eigenvalue weighted by Crippen LogP contribution is -2.02. The number of carboxylic acid groups (broad SMARTS) is 1. The Balaban J connectivity index is 1.62. The predicted molar refractivity (Wildman–Crippen MR) is 122 cm³/mol. The Hall–Kier alpha value is -3.48. The van der Waals surface area contributed by atoms with Crippen LogP contribution in [0.1, 0.15) is 21.5 Å². The smallest absolute Gasteiger partial charge is 0.335 e. The minimum absolute atomic E-state index is 0.196. The average molecular weight is 455 g/mol. The van der Waals surface area contributed by atoms with E-state index in [1.807, 2.05) is 36.4 Å². The van der Waals surface area contributed by atoms with Crippen LogP contribution in [0.25, 0.3) is 6.08 Å². The van der Waals surface area contributed by atoms with Gasteiger partial charge in [0.1, 0.15) is 0 Å². The van der Waals surface area contributed by atoms with Crippen LogP contribution in [0, 0.1) is 0 Å². The summed E-state index contributed by atoms with van der Waals surface area (Å²) in [4.78, 5) is 11.0. The Kier molecular flexibility index (Phi) is 6.11. The zero-order valence-corrected chi connectivity index (χ0v) is 17.5. The number of rotatable bonds is 6. The lowest BCUT2D eigenvalue weighted by Gasteiger charge is -2.07. The van der Waals surface area contributed by atoms with E-state index in [0.717, 1.165) is 11.1 Å². The highest BCUT2D eigenvalue weighted by Crippen LogP contribution is 2.33. The van der Waals surface area contributed by atoms with Crippen molar-refractivity contribution in [1.82, 2.24) is 0 Å². The Morgan fingerprint density at radius 3 is 2.42 bits per heavy atom. The van der Waals surface area contributed by atoms with Crippen molar-refractivity contribution in [3.05, 3.63) is 93.5 Å². The second kappa shape index (κ2) is 9.12. The number of hydrazone groups is 1. The molecule has 3 aromatic rings. The number of carboxylic acids is 1. The number of hydrogen-bond acceptors (Lipinski definition) is 5. The van der Waals surface area contributed by atoms with E-state index in [1.54, 1.807) is 24.3 Å². The summed E-state index contributed by atoms with van der Waals surface area (Å²) < 4.78 is 10.8. The van der Waals surface area contributed by atoms with E-state index in [-0.39, 0.29) is 12.4 Å². The summed E-state index contributed by atoms with van der Waals surface area (Å²) in [5.74, 6) is 0.409. The van der Waals surface area contributed by atoms with Crippen molar-refractivity contribution in [3.8, 4) is 11.5 Å². The first-order valence-electron chi connectivity index (χ1n) is 9.20. The second-order valence-corrected chi connectivity index (χ2v) is 7.38. The standard InChI is InChI=1S/C23H16Cl2N2O4/c24-18-8-5-16(12-19(18)25)20(27-26-17-6-3-15(4-7-17)23(28)29)9-1-14-2-10-21-22(11-14)31-13-30-21/h1-12,26H,13H2,(H,28,29)/b9-1+,27-20+. The maximum atomic E-state index is 11.0. The quantitative estimate of drug-likeness (QED) is 0.355. The molecule has 31 heavy (non-hydrogen) atoms. The minimum atomic E-state index is -0.988. The molecular formula is C23H16Cl2N2O4. The van der Waals surface area contributed by atoms with Gasteiger partial charge in [-0.15, -0.1) is 0 Å². The molecular weight excluding hydrogens is 439 g/mol. The fraction of sp³-hybridized carbons (Fsp3) is 0.0435. The van der Waals surface area contributed by atoms with Gasteiger partial charge in [0.15, 0.2) is 11.5 Å². The predicted octanol–water partition coefficient (Wildman–Crippen LogP) is 5.95. The van der Waals surface area contributed by atoms with Gasteiger partial charge in [0, 0.05) is 5.56 Å². The van der Waals surface area contributed by atoms with E-state index in [0.29, 0.717) is 32.9 Å². The number of aromatic carboxylic acids is 1. The molecule has 0 aliphatic carbocycles. The second-order valence-electron chi connectivity index (χ2n) is 6.57. The zero-order valence-electron chi connectivity index (χ0n) is 16.0. The van der Waals surface area contributed by atoms with Gasteiger partial charge in [-0.3, -0.25) is 5.43 Å². The summed E-state index contributed by atoms with van der Waals surface area (Å²) in [7, 11) is 0. The Labute approximate surface area is 188 Å². The fourth-order valence-electron chi connectivity index (χ4n) is 2.86. The number of halogens is 2. The first-order chi connectivity index (χ1) is 15.0. The Morgan fingerprint density at radius 2 is 1.68 bits per heavy atom. The maximum absolute atomic E-state index is 11.0. The van der Waals surface area contributed by atoms with Crippen LogP contribution in [0.15, 0.2) is 71.8 Å². The number of fused-ring (bicyclic) bond motifs is 1. The molecule has 0 amide bonds. The van der Waals surface area contributed by atoms with Gasteiger partial charge in [0.2, 0.25) is 6.79 Å². The number of carbonyl (C=O) groups is 1. The molecule has 0 radical (unpaired) electrons. The fourth-order valence-corrected chi connectivity index (χ4v) is 3.16. The average Bonchev–Trinajstić information content (AvgIpc) is 3.24. The molecule has 2 N–H and O–H groups in total. The molecule has 6 nitrogen and oxygen atoms in total. The highest BCUT2D eigenvalue weighted by Gasteiger charge is 2.12. The highest BCUT2D eigenvalue weighted by molar-refractivity contribution is 6.42. The normalized spacial score (nSPS) is 12.9. The third-order valence-corrected chi connectivity index (χ3v) is 5.22. The van der Waals surface area contributed by atoms with Crippen molar-refractivity contribution in [1.29, 1.82) is 0 Å². The van der Waals surface area contributed by atoms with Gasteiger partial charge in [0.25, 0.3) is 0 Å². The van der Waals surface area contributed by atoms with E-state index in [9.17, 15) is 4.79 Å². The minimum Gasteiger partial charge on any atom is -0.478 e. The molecule has 0 atom stereocenters. The number of benzene rings is 3. The van der Waals surface area contributed by atoms with Gasteiger partial charge in [-0.1, -0.05) is 41.4 Å². The molecule has 1 aliphatic rings. The van der Waals surface area contributed by atoms with E-state index < -0.39 is 5.97 Å². The number of hydrogen-bond donors (Lipinski definition) is 2. The van der Waals surface area contributed by atoms with Crippen molar-refractivity contribution in [2.24, 2.45) is 5.10 Å². The highest BCUT2D eigenvalue weighted by atomic mass is 35.5. The van der Waals surface area contributed by atoms with Gasteiger partial charge < -0.3 is 14.6 Å². The summed E-state index contributed by atoms with van der Waals surface area (Å²) in [5.41, 5.74) is 6.03. The van der Waals surface area contributed by atoms with Gasteiger partial charge in [0.05, 0.1) is 27.0 Å². The van der Waals surface area contributed by atoms with E-state index in [1.165, 1.54) is 12.1 Å². The molecule has 0 bridgehead atoms. The molecule has 3 aromatic carbocycles. The topological polar surface area (TPSA) is 80.2 Å². The third-order valence-electron chi connectivity index (χ3n) is 4.48. The number of nitrogens with zero attached hydrogens (tertiary/aromatic N) is 1. The number of nitrogens with one attached hydrogen (secondary N) is 1. The first-order valence-corrected chi connectivity index (χ1v) is 9.95. The number of allylic oxidation sites excluding steroid dienone is 1. The molecule has 1 aliphatic heterocycles. The van der Waals surface area contributed by atoms with Gasteiger partial charge >= 0.3 is 5.97 Å². The summed E-state index contributed by atoms with van der Waals surface area (Å²) in [5, 5.41) is 14.4. The molecule has 0 spiro atoms. The Bertz CT molecular complexity index is 1190. The molecule has 0 saturated heterocycles. The van der Waals surface area contributed by atoms with Crippen LogP contribution in [0.5, 0.6) is 11.5 Å². The molecule has 156 valence electrons. The largest absolute Gasteiger partial charge is 0.478 e. The van der Waals surface area contributed by atoms with Gasteiger partial charge in [-0.2, -0.15) is 5.10 Å². The van der Waals surface area contributed by atoms with Crippen molar-refractivity contribution in [2.45, 2.75) is 0 Å². The van der Waals surface area contributed by atoms with Crippen LogP contribution in [-0.4, -0.2) is 23.6 Å². The van der Waals surface area contributed by atoms with Gasteiger partial charge in [-0.25, -0.2) is 4.79 Å². The van der Waals surface area contributed by atoms with Crippen LogP contribution < -0.4 is 14.9 Å². The molecule has 8 heteroatoms. The number of anilines is 1. The van der Waals surface area contributed by atoms with Crippen LogP contribution in [-0.2, 0) is 0 Å². The SMILES string of the molecule is O=C(O)c1ccc(N/N=C(\C=C\c2ccc3c(c2)OCO3)c2ccc(Cl)c(Cl)c2)cc1. The van der Waals surface area contributed by atoms with Crippen LogP contribution in [0.2, 0.25) is 10.0 Å². The van der Waals surface area contributed by atoms with Crippen molar-refractivity contribution in [2.75, 3.05) is 12.2 Å². The zero-order chi connectivity index (χ0) is 21.8. The van der Waals surface area contributed by atoms with Crippen LogP contribution >= 0.6 is 23.2 Å². The molecule has 4 rings (SSSR count). The van der Waals surface area contributed by atoms with Crippen LogP contribution in [0.3, 0.4) is 0 Å². The first kappa shape index (κ1) is 20.8. The van der Waals surface area contributed by atoms with Crippen molar-refractivity contribution >= 4 is 46.6 Å². The maximum Gasteiger partial charge on any atom is 0.335 e. The lowest BCUT2D eigenvalue weighted by atomic mass is 10.1. The molecule has 1 heterocycles. The summed E-state index contributed by atoms with van der Waals surface area (Å²) in [6, 6.07) is 17.2. The summed E-state index contributed by atoms with van der Waals surface area (Å²) >= 11 is 12.2. The van der Waals surface area contributed by atoms with E-state index in [4.69, 9.17) is 37.8 Å². The van der Waals surface area contributed by atoms with Gasteiger partial charge in [-0.05, 0) is 60.2 Å². The molecule has 0 unspecified atom stereocenters. The third kappa shape index (κ3) is 4.99. The molecule has 0 aromatic heterocycles.